The maximum atomic E-state index is 5.97. The van der Waals surface area contributed by atoms with Gasteiger partial charge in [-0.1, -0.05) is 34.3 Å². The molecule has 348 valence electrons. The van der Waals surface area contributed by atoms with Crippen LogP contribution in [0.5, 0.6) is 0 Å². The topological polar surface area (TPSA) is 183 Å². The molecule has 12 rings (SSSR count). The van der Waals surface area contributed by atoms with E-state index in [2.05, 4.69) is 79.1 Å². The predicted octanol–water partition coefficient (Wildman–Crippen LogP) is 9.23. The Morgan fingerprint density at radius 3 is 1.67 bits per heavy atom. The van der Waals surface area contributed by atoms with Gasteiger partial charge in [0.1, 0.15) is 21.0 Å². The number of fused-ring (bicyclic) bond motifs is 2. The van der Waals surface area contributed by atoms with Gasteiger partial charge in [-0.05, 0) is 152 Å². The smallest absolute Gasteiger partial charge is 0.211 e. The van der Waals surface area contributed by atoms with E-state index in [1.807, 2.05) is 58.4 Å². The summed E-state index contributed by atoms with van der Waals surface area (Å²) in [7, 11) is 0. The van der Waals surface area contributed by atoms with E-state index >= 15 is 0 Å². The number of rotatable bonds is 16. The van der Waals surface area contributed by atoms with E-state index in [4.69, 9.17) is 22.3 Å². The molecule has 0 amide bonds. The molecule has 8 aromatic heterocycles. The van der Waals surface area contributed by atoms with E-state index in [0.717, 1.165) is 129 Å². The molecule has 0 aromatic carbocycles. The molecule has 2 aliphatic carbocycles. The number of hydrogen-bond acceptors (Lipinski definition) is 16. The highest BCUT2D eigenvalue weighted by Gasteiger charge is 2.24. The van der Waals surface area contributed by atoms with Crippen molar-refractivity contribution >= 4 is 72.4 Å². The summed E-state index contributed by atoms with van der Waals surface area (Å²) in [5, 5.41) is 32.7. The molecular weight excluding hydrogens is 900 g/mol. The first-order chi connectivity index (χ1) is 32.9. The lowest BCUT2D eigenvalue weighted by Crippen LogP contribution is -2.21. The first kappa shape index (κ1) is 45.3. The lowest BCUT2D eigenvalue weighted by Gasteiger charge is -2.13. The Kier molecular flexibility index (Phi) is 14.6. The van der Waals surface area contributed by atoms with Crippen LogP contribution in [-0.4, -0.2) is 109 Å². The molecule has 0 spiro atoms. The molecule has 2 aliphatic heterocycles. The van der Waals surface area contributed by atoms with E-state index in [1.165, 1.54) is 88.9 Å². The van der Waals surface area contributed by atoms with Crippen LogP contribution in [0.1, 0.15) is 74.2 Å². The normalized spacial score (nSPS) is 16.3. The van der Waals surface area contributed by atoms with Crippen LogP contribution in [0.15, 0.2) is 73.6 Å². The maximum absolute atomic E-state index is 5.97. The first-order valence-electron chi connectivity index (χ1n) is 23.8. The van der Waals surface area contributed by atoms with Crippen LogP contribution < -0.4 is 11.1 Å². The predicted molar refractivity (Wildman–Crippen MR) is 267 cm³/mol. The maximum Gasteiger partial charge on any atom is 0.211 e. The van der Waals surface area contributed by atoms with Crippen LogP contribution in [0.2, 0.25) is 5.15 Å². The molecule has 10 heterocycles. The molecule has 4 fully saturated rings. The molecule has 0 bridgehead atoms. The van der Waals surface area contributed by atoms with Gasteiger partial charge in [-0.25, -0.2) is 9.97 Å². The van der Waals surface area contributed by atoms with Crippen molar-refractivity contribution in [1.29, 1.82) is 0 Å². The summed E-state index contributed by atoms with van der Waals surface area (Å²) in [5.74, 6) is 2.45. The third-order valence-electron chi connectivity index (χ3n) is 12.6. The molecular formula is C48H57ClN16S2. The van der Waals surface area contributed by atoms with Gasteiger partial charge in [-0.3, -0.25) is 19.3 Å². The number of likely N-dealkylation sites (tertiary alicyclic amines) is 2. The summed E-state index contributed by atoms with van der Waals surface area (Å²) in [4.78, 5) is 23.3. The number of nitrogens with zero attached hydrogens (tertiary/aromatic N) is 14. The molecule has 0 atom stereocenters. The fourth-order valence-electron chi connectivity index (χ4n) is 8.55. The number of pyridine rings is 4. The lowest BCUT2D eigenvalue weighted by atomic mass is 10.1. The van der Waals surface area contributed by atoms with E-state index in [0.29, 0.717) is 10.3 Å². The van der Waals surface area contributed by atoms with Gasteiger partial charge < -0.3 is 20.9 Å². The van der Waals surface area contributed by atoms with E-state index in [9.17, 15) is 0 Å². The van der Waals surface area contributed by atoms with Crippen LogP contribution in [0.25, 0.3) is 44.3 Å². The van der Waals surface area contributed by atoms with Crippen molar-refractivity contribution in [3.05, 3.63) is 88.7 Å². The largest absolute Gasteiger partial charge is 0.374 e. The molecule has 16 nitrogen and oxygen atoms in total. The van der Waals surface area contributed by atoms with Gasteiger partial charge in [-0.15, -0.1) is 20.4 Å². The highest BCUT2D eigenvalue weighted by molar-refractivity contribution is 7.15. The van der Waals surface area contributed by atoms with Crippen molar-refractivity contribution in [3.8, 4) is 22.3 Å². The Balaban J connectivity index is 0.000000134. The zero-order chi connectivity index (χ0) is 45.4. The fraction of sp³-hybridized carbons (Fsp3) is 0.458. The van der Waals surface area contributed by atoms with Crippen LogP contribution >= 0.6 is 34.3 Å². The Labute approximate surface area is 403 Å². The second kappa shape index (κ2) is 21.6. The minimum atomic E-state index is 0.485. The van der Waals surface area contributed by atoms with Gasteiger partial charge in [0.25, 0.3) is 0 Å². The Hall–Kier alpha value is -5.53. The average Bonchev–Trinajstić information content (AvgIpc) is 3.79. The second-order valence-corrected chi connectivity index (χ2v) is 20.6. The molecule has 3 N–H and O–H groups in total. The number of hydrogen-bond donors (Lipinski definition) is 2. The lowest BCUT2D eigenvalue weighted by molar-refractivity contribution is 0.322. The van der Waals surface area contributed by atoms with Gasteiger partial charge in [0.15, 0.2) is 0 Å². The molecule has 4 aliphatic rings. The summed E-state index contributed by atoms with van der Waals surface area (Å²) in [6.45, 7) is 9.20. The number of halogens is 1. The number of aromatic nitrogens is 12. The number of nitrogens with one attached hydrogen (secondary N) is 1. The van der Waals surface area contributed by atoms with Crippen molar-refractivity contribution in [2.45, 2.75) is 90.1 Å². The van der Waals surface area contributed by atoms with Crippen molar-refractivity contribution in [2.75, 3.05) is 50.3 Å². The van der Waals surface area contributed by atoms with Crippen molar-refractivity contribution in [3.63, 3.8) is 0 Å². The van der Waals surface area contributed by atoms with Gasteiger partial charge in [-0.2, -0.15) is 10.2 Å². The third-order valence-corrected chi connectivity index (χ3v) is 14.4. The second-order valence-electron chi connectivity index (χ2n) is 18.1. The SMILES string of the molecule is Clc1ccc2ncc(-c3cnn(CCCN4CCCC4)c3)cc2n1.Nc1nnc(CC2CC2)s1.c1nc2ccc(Nc3nnc(CC4CC4)s3)nc2cc1-c1cnn(CCCN2CCCC2)c1. The standard InChI is InChI=1S/C24H28N8S.C18H20ClN5.C6H9N3S/c1-2-9-31(8-1)10-3-11-32-16-19(15-26-32)18-13-21-20(25-14-18)6-7-22(27-21)28-24-30-29-23(33-24)12-17-4-5-17;19-18-5-4-16-17(22-18)10-14(11-20-16)15-12-21-24(13-15)9-3-8-23-6-1-2-7-23;7-6-9-8-5(10-6)3-4-1-2-4/h6-7,13-17H,1-5,8-12H2,(H,27,28,30);4-5,10-13H,1-3,6-9H2;4H,1-3H2,(H2,7,9). The quantitative estimate of drug-likeness (QED) is 0.0874. The van der Waals surface area contributed by atoms with Crippen molar-refractivity contribution in [2.24, 2.45) is 11.8 Å². The minimum absolute atomic E-state index is 0.485. The summed E-state index contributed by atoms with van der Waals surface area (Å²) >= 11 is 9.10. The summed E-state index contributed by atoms with van der Waals surface area (Å²) in [5.41, 5.74) is 13.0. The highest BCUT2D eigenvalue weighted by Crippen LogP contribution is 2.35. The van der Waals surface area contributed by atoms with Crippen LogP contribution in [-0.2, 0) is 25.9 Å². The number of nitrogen functional groups attached to an aromatic ring is 1. The molecule has 2 saturated carbocycles. The van der Waals surface area contributed by atoms with Crippen LogP contribution in [0, 0.1) is 11.8 Å². The summed E-state index contributed by atoms with van der Waals surface area (Å²) in [6.07, 6.45) is 26.9. The van der Waals surface area contributed by atoms with Gasteiger partial charge >= 0.3 is 0 Å². The Morgan fingerprint density at radius 2 is 1.12 bits per heavy atom. The summed E-state index contributed by atoms with van der Waals surface area (Å²) < 4.78 is 4.05. The Bertz CT molecular complexity index is 2850. The van der Waals surface area contributed by atoms with Crippen LogP contribution in [0.3, 0.4) is 0 Å². The van der Waals surface area contributed by atoms with E-state index in [-0.39, 0.29) is 0 Å². The van der Waals surface area contributed by atoms with Crippen LogP contribution in [0.4, 0.5) is 16.1 Å². The first-order valence-corrected chi connectivity index (χ1v) is 25.8. The summed E-state index contributed by atoms with van der Waals surface area (Å²) in [6, 6.07) is 11.7. The van der Waals surface area contributed by atoms with E-state index in [1.54, 1.807) is 17.4 Å². The molecule has 19 heteroatoms. The van der Waals surface area contributed by atoms with Gasteiger partial charge in [0.2, 0.25) is 10.3 Å². The average molecular weight is 958 g/mol. The van der Waals surface area contributed by atoms with E-state index < -0.39 is 0 Å². The molecule has 0 radical (unpaired) electrons. The number of anilines is 3. The number of aryl methyl sites for hydroxylation is 2. The zero-order valence-electron chi connectivity index (χ0n) is 37.8. The zero-order valence-corrected chi connectivity index (χ0v) is 40.1. The Morgan fingerprint density at radius 1 is 0.582 bits per heavy atom. The molecule has 2 saturated heterocycles. The van der Waals surface area contributed by atoms with Crippen molar-refractivity contribution < 1.29 is 0 Å². The fourth-order valence-corrected chi connectivity index (χ4v) is 10.3. The highest BCUT2D eigenvalue weighted by atomic mass is 35.5. The molecule has 8 aromatic rings. The molecule has 0 unspecified atom stereocenters. The third kappa shape index (κ3) is 12.9. The van der Waals surface area contributed by atoms with Crippen molar-refractivity contribution in [1.82, 2.24) is 69.7 Å². The minimum Gasteiger partial charge on any atom is -0.374 e. The monoisotopic (exact) mass is 956 g/mol. The molecule has 67 heavy (non-hydrogen) atoms. The van der Waals surface area contributed by atoms with Gasteiger partial charge in [0, 0.05) is 73.0 Å². The number of nitrogens with two attached hydrogens (primary N) is 1. The van der Waals surface area contributed by atoms with Gasteiger partial charge in [0.05, 0.1) is 34.5 Å².